The summed E-state index contributed by atoms with van der Waals surface area (Å²) in [5.74, 6) is -0.131. The third-order valence-corrected chi connectivity index (χ3v) is 5.85. The molecule has 0 aliphatic carbocycles. The Hall–Kier alpha value is -1.92. The maximum atomic E-state index is 13.0. The molecular formula is C21H21Cl2N3OS. The van der Waals surface area contributed by atoms with Crippen LogP contribution in [-0.4, -0.2) is 43.0 Å². The van der Waals surface area contributed by atoms with Crippen molar-refractivity contribution in [2.24, 2.45) is 0 Å². The molecule has 0 atom stereocenters. The fraction of sp³-hybridized carbons (Fsp3) is 0.238. The maximum absolute atomic E-state index is 13.0. The van der Waals surface area contributed by atoms with Gasteiger partial charge < -0.3 is 4.90 Å². The highest BCUT2D eigenvalue weighted by molar-refractivity contribution is 7.22. The van der Waals surface area contributed by atoms with Crippen LogP contribution in [0, 0.1) is 0 Å². The molecule has 7 heteroatoms. The molecule has 0 bridgehead atoms. The zero-order valence-corrected chi connectivity index (χ0v) is 18.1. The number of rotatable bonds is 7. The summed E-state index contributed by atoms with van der Waals surface area (Å²) in [7, 11) is 4.03. The van der Waals surface area contributed by atoms with Crippen LogP contribution < -0.4 is 4.90 Å². The van der Waals surface area contributed by atoms with Crippen molar-refractivity contribution in [2.45, 2.75) is 6.42 Å². The number of halogens is 2. The highest BCUT2D eigenvalue weighted by Crippen LogP contribution is 2.33. The summed E-state index contributed by atoms with van der Waals surface area (Å²) in [4.78, 5) is 21.4. The lowest BCUT2D eigenvalue weighted by atomic mass is 10.2. The molecule has 0 radical (unpaired) electrons. The number of benzene rings is 2. The van der Waals surface area contributed by atoms with Crippen molar-refractivity contribution in [1.82, 2.24) is 9.88 Å². The van der Waals surface area contributed by atoms with E-state index < -0.39 is 0 Å². The van der Waals surface area contributed by atoms with Gasteiger partial charge in [0.2, 0.25) is 0 Å². The number of nitrogens with zero attached hydrogens (tertiary/aromatic N) is 3. The Morgan fingerprint density at radius 2 is 1.82 bits per heavy atom. The minimum absolute atomic E-state index is 0.131. The van der Waals surface area contributed by atoms with Crippen molar-refractivity contribution in [3.63, 3.8) is 0 Å². The van der Waals surface area contributed by atoms with Gasteiger partial charge in [0.15, 0.2) is 5.13 Å². The number of anilines is 1. The summed E-state index contributed by atoms with van der Waals surface area (Å²) in [6.45, 7) is 1.45. The maximum Gasteiger partial charge on any atom is 0.252 e. The number of hydrogen-bond donors (Lipinski definition) is 0. The third-order valence-electron chi connectivity index (χ3n) is 4.15. The van der Waals surface area contributed by atoms with Gasteiger partial charge in [-0.15, -0.1) is 0 Å². The number of para-hydroxylation sites is 1. The van der Waals surface area contributed by atoms with Crippen molar-refractivity contribution < 1.29 is 4.79 Å². The standard InChI is InChI=1S/C21H21Cl2N3OS/c1-25(2)13-6-14-26(19(27)12-11-15-7-3-4-8-16(15)22)21-24-20-17(23)9-5-10-18(20)28-21/h3-5,7-12H,6,13-14H2,1-2H3/b12-11+. The van der Waals surface area contributed by atoms with Crippen LogP contribution in [0.3, 0.4) is 0 Å². The Morgan fingerprint density at radius 3 is 2.54 bits per heavy atom. The highest BCUT2D eigenvalue weighted by Gasteiger charge is 2.18. The van der Waals surface area contributed by atoms with Crippen molar-refractivity contribution in [3.05, 3.63) is 64.1 Å². The molecule has 0 N–H and O–H groups in total. The Bertz CT molecular complexity index is 1000. The lowest BCUT2D eigenvalue weighted by Gasteiger charge is -2.19. The average Bonchev–Trinajstić information content (AvgIpc) is 3.09. The van der Waals surface area contributed by atoms with Gasteiger partial charge in [-0.3, -0.25) is 9.69 Å². The zero-order chi connectivity index (χ0) is 20.1. The molecule has 28 heavy (non-hydrogen) atoms. The van der Waals surface area contributed by atoms with Crippen molar-refractivity contribution >= 4 is 61.9 Å². The Balaban J connectivity index is 1.88. The van der Waals surface area contributed by atoms with E-state index in [1.54, 1.807) is 23.1 Å². The molecule has 1 aromatic heterocycles. The normalized spacial score (nSPS) is 11.6. The molecule has 0 aliphatic heterocycles. The Labute approximate surface area is 179 Å². The van der Waals surface area contributed by atoms with Crippen LogP contribution in [0.4, 0.5) is 5.13 Å². The number of hydrogen-bond acceptors (Lipinski definition) is 4. The lowest BCUT2D eigenvalue weighted by Crippen LogP contribution is -2.32. The van der Waals surface area contributed by atoms with E-state index in [0.717, 1.165) is 28.7 Å². The first-order valence-corrected chi connectivity index (χ1v) is 10.5. The molecule has 1 heterocycles. The summed E-state index contributed by atoms with van der Waals surface area (Å²) in [5, 5.41) is 1.85. The quantitative estimate of drug-likeness (QED) is 0.454. The van der Waals surface area contributed by atoms with Crippen LogP contribution in [0.15, 0.2) is 48.5 Å². The first kappa shape index (κ1) is 20.8. The van der Waals surface area contributed by atoms with Gasteiger partial charge in [0.1, 0.15) is 5.52 Å². The predicted octanol–water partition coefficient (Wildman–Crippen LogP) is 5.60. The van der Waals surface area contributed by atoms with Gasteiger partial charge in [-0.25, -0.2) is 4.98 Å². The largest absolute Gasteiger partial charge is 0.309 e. The minimum Gasteiger partial charge on any atom is -0.309 e. The molecule has 0 spiro atoms. The van der Waals surface area contributed by atoms with Crippen molar-refractivity contribution in [3.8, 4) is 0 Å². The van der Waals surface area contributed by atoms with Gasteiger partial charge in [0, 0.05) is 17.6 Å². The molecule has 3 aromatic rings. The van der Waals surface area contributed by atoms with Crippen LogP contribution in [0.5, 0.6) is 0 Å². The average molecular weight is 434 g/mol. The second-order valence-electron chi connectivity index (χ2n) is 6.58. The fourth-order valence-electron chi connectivity index (χ4n) is 2.73. The molecule has 0 saturated carbocycles. The molecule has 2 aromatic carbocycles. The number of thiazole rings is 1. The van der Waals surface area contributed by atoms with Gasteiger partial charge in [-0.2, -0.15) is 0 Å². The van der Waals surface area contributed by atoms with Crippen molar-refractivity contribution in [1.29, 1.82) is 0 Å². The summed E-state index contributed by atoms with van der Waals surface area (Å²) < 4.78 is 0.961. The first-order valence-electron chi connectivity index (χ1n) is 8.89. The van der Waals surface area contributed by atoms with E-state index in [4.69, 9.17) is 23.2 Å². The van der Waals surface area contributed by atoms with E-state index in [1.807, 2.05) is 50.5 Å². The van der Waals surface area contributed by atoms with Gasteiger partial charge in [-0.05, 0) is 56.9 Å². The SMILES string of the molecule is CN(C)CCCN(C(=O)/C=C/c1ccccc1Cl)c1nc2c(Cl)cccc2s1. The van der Waals surface area contributed by atoms with E-state index in [1.165, 1.54) is 11.3 Å². The fourth-order valence-corrected chi connectivity index (χ4v) is 4.22. The van der Waals surface area contributed by atoms with Gasteiger partial charge >= 0.3 is 0 Å². The molecule has 1 amide bonds. The molecule has 3 rings (SSSR count). The summed E-state index contributed by atoms with van der Waals surface area (Å²) in [5.41, 5.74) is 1.53. The molecule has 0 aliphatic rings. The topological polar surface area (TPSA) is 36.4 Å². The second kappa shape index (κ2) is 9.52. The van der Waals surface area contributed by atoms with Gasteiger partial charge in [0.05, 0.1) is 9.72 Å². The predicted molar refractivity (Wildman–Crippen MR) is 121 cm³/mol. The van der Waals surface area contributed by atoms with Crippen LogP contribution in [0.1, 0.15) is 12.0 Å². The van der Waals surface area contributed by atoms with Gasteiger partial charge in [-0.1, -0.05) is 58.8 Å². The van der Waals surface area contributed by atoms with Crippen LogP contribution >= 0.6 is 34.5 Å². The summed E-state index contributed by atoms with van der Waals surface area (Å²) in [6, 6.07) is 13.1. The van der Waals surface area contributed by atoms with Gasteiger partial charge in [0.25, 0.3) is 5.91 Å². The van der Waals surface area contributed by atoms with E-state index in [0.29, 0.717) is 21.7 Å². The Morgan fingerprint density at radius 1 is 1.07 bits per heavy atom. The van der Waals surface area contributed by atoms with Crippen LogP contribution in [0.25, 0.3) is 16.3 Å². The smallest absolute Gasteiger partial charge is 0.252 e. The van der Waals surface area contributed by atoms with E-state index in [-0.39, 0.29) is 5.91 Å². The molecule has 146 valence electrons. The third kappa shape index (κ3) is 5.11. The molecule has 0 unspecified atom stereocenters. The number of amides is 1. The first-order chi connectivity index (χ1) is 13.5. The van der Waals surface area contributed by atoms with E-state index in [9.17, 15) is 4.79 Å². The number of carbonyl (C=O) groups excluding carboxylic acids is 1. The molecule has 4 nitrogen and oxygen atoms in total. The monoisotopic (exact) mass is 433 g/mol. The van der Waals surface area contributed by atoms with E-state index in [2.05, 4.69) is 9.88 Å². The highest BCUT2D eigenvalue weighted by atomic mass is 35.5. The van der Waals surface area contributed by atoms with E-state index >= 15 is 0 Å². The molecular weight excluding hydrogens is 413 g/mol. The molecule has 0 fully saturated rings. The van der Waals surface area contributed by atoms with Crippen LogP contribution in [0.2, 0.25) is 10.0 Å². The Kier molecular flexibility index (Phi) is 7.08. The number of fused-ring (bicyclic) bond motifs is 1. The summed E-state index contributed by atoms with van der Waals surface area (Å²) in [6.07, 6.45) is 4.12. The number of aromatic nitrogens is 1. The minimum atomic E-state index is -0.131. The molecule has 0 saturated heterocycles. The van der Waals surface area contributed by atoms with Crippen LogP contribution in [-0.2, 0) is 4.79 Å². The second-order valence-corrected chi connectivity index (χ2v) is 8.41. The summed E-state index contributed by atoms with van der Waals surface area (Å²) >= 11 is 13.9. The lowest BCUT2D eigenvalue weighted by molar-refractivity contribution is -0.114. The number of carbonyl (C=O) groups is 1. The zero-order valence-electron chi connectivity index (χ0n) is 15.7. The van der Waals surface area contributed by atoms with Crippen molar-refractivity contribution in [2.75, 3.05) is 32.1 Å².